The lowest BCUT2D eigenvalue weighted by Crippen LogP contribution is -2.36. The third kappa shape index (κ3) is 2.71. The van der Waals surface area contributed by atoms with Gasteiger partial charge in [-0.2, -0.15) is 0 Å². The van der Waals surface area contributed by atoms with Gasteiger partial charge in [0.15, 0.2) is 0 Å². The van der Waals surface area contributed by atoms with Crippen molar-refractivity contribution in [1.82, 2.24) is 4.90 Å². The first-order chi connectivity index (χ1) is 11.8. The molecular formula is C22H19NO. The molecule has 3 aromatic rings. The fraction of sp³-hybridized carbons (Fsp3) is 0.136. The van der Waals surface area contributed by atoms with E-state index in [-0.39, 0.29) is 5.91 Å². The van der Waals surface area contributed by atoms with Crippen LogP contribution in [0.5, 0.6) is 0 Å². The summed E-state index contributed by atoms with van der Waals surface area (Å²) < 4.78 is 0. The van der Waals surface area contributed by atoms with Gasteiger partial charge in [-0.25, -0.2) is 0 Å². The Kier molecular flexibility index (Phi) is 3.87. The summed E-state index contributed by atoms with van der Waals surface area (Å²) in [5.41, 5.74) is 5.48. The van der Waals surface area contributed by atoms with E-state index in [0.29, 0.717) is 6.54 Å². The van der Waals surface area contributed by atoms with Gasteiger partial charge in [-0.1, -0.05) is 72.8 Å². The van der Waals surface area contributed by atoms with Crippen LogP contribution in [0.15, 0.2) is 78.9 Å². The van der Waals surface area contributed by atoms with E-state index in [1.54, 1.807) is 0 Å². The van der Waals surface area contributed by atoms with Crippen molar-refractivity contribution in [2.75, 3.05) is 6.54 Å². The van der Waals surface area contributed by atoms with E-state index in [1.807, 2.05) is 53.4 Å². The van der Waals surface area contributed by atoms with Gasteiger partial charge < -0.3 is 4.90 Å². The molecule has 24 heavy (non-hydrogen) atoms. The van der Waals surface area contributed by atoms with E-state index < -0.39 is 0 Å². The van der Waals surface area contributed by atoms with E-state index in [1.165, 1.54) is 11.1 Å². The van der Waals surface area contributed by atoms with E-state index in [9.17, 15) is 4.79 Å². The third-order valence-corrected chi connectivity index (χ3v) is 4.66. The normalized spacial score (nSPS) is 13.4. The Hall–Kier alpha value is -2.87. The molecule has 2 heteroatoms. The Balaban J connectivity index is 1.67. The number of carbonyl (C=O) groups excluding carboxylic acids is 1. The zero-order valence-corrected chi connectivity index (χ0v) is 13.5. The van der Waals surface area contributed by atoms with Gasteiger partial charge in [0.1, 0.15) is 0 Å². The Morgan fingerprint density at radius 3 is 2.25 bits per heavy atom. The smallest absolute Gasteiger partial charge is 0.254 e. The van der Waals surface area contributed by atoms with Crippen LogP contribution in [-0.4, -0.2) is 17.4 Å². The van der Waals surface area contributed by atoms with Crippen LogP contribution in [-0.2, 0) is 13.0 Å². The number of benzene rings is 3. The molecule has 0 saturated carbocycles. The second-order valence-electron chi connectivity index (χ2n) is 6.16. The highest BCUT2D eigenvalue weighted by molar-refractivity contribution is 6.01. The van der Waals surface area contributed by atoms with Crippen molar-refractivity contribution >= 4 is 5.91 Å². The summed E-state index contributed by atoms with van der Waals surface area (Å²) in [6, 6.07) is 26.4. The predicted molar refractivity (Wildman–Crippen MR) is 96.8 cm³/mol. The predicted octanol–water partition coefficient (Wildman–Crippen LogP) is 4.55. The molecule has 1 heterocycles. The molecule has 0 unspecified atom stereocenters. The van der Waals surface area contributed by atoms with Crippen LogP contribution in [0.2, 0.25) is 0 Å². The molecule has 0 atom stereocenters. The van der Waals surface area contributed by atoms with Crippen LogP contribution < -0.4 is 0 Å². The minimum Gasteiger partial charge on any atom is -0.334 e. The van der Waals surface area contributed by atoms with Gasteiger partial charge in [-0.05, 0) is 34.7 Å². The van der Waals surface area contributed by atoms with Crippen LogP contribution in [0.1, 0.15) is 21.5 Å². The number of carbonyl (C=O) groups is 1. The summed E-state index contributed by atoms with van der Waals surface area (Å²) in [7, 11) is 0. The number of hydrogen-bond donors (Lipinski definition) is 0. The molecule has 0 fully saturated rings. The number of hydrogen-bond acceptors (Lipinski definition) is 1. The number of nitrogens with zero attached hydrogens (tertiary/aromatic N) is 1. The van der Waals surface area contributed by atoms with Crippen LogP contribution in [0.4, 0.5) is 0 Å². The second-order valence-corrected chi connectivity index (χ2v) is 6.16. The van der Waals surface area contributed by atoms with Crippen molar-refractivity contribution in [3.8, 4) is 11.1 Å². The van der Waals surface area contributed by atoms with Gasteiger partial charge in [0, 0.05) is 18.7 Å². The summed E-state index contributed by atoms with van der Waals surface area (Å²) in [5, 5.41) is 0. The highest BCUT2D eigenvalue weighted by Crippen LogP contribution is 2.26. The Morgan fingerprint density at radius 1 is 0.750 bits per heavy atom. The molecule has 0 radical (unpaired) electrons. The summed E-state index contributed by atoms with van der Waals surface area (Å²) in [6.45, 7) is 1.47. The summed E-state index contributed by atoms with van der Waals surface area (Å²) in [4.78, 5) is 15.1. The molecule has 0 aliphatic carbocycles. The number of amides is 1. The zero-order chi connectivity index (χ0) is 16.4. The van der Waals surface area contributed by atoms with Crippen molar-refractivity contribution in [3.05, 3.63) is 95.6 Å². The molecule has 3 aromatic carbocycles. The van der Waals surface area contributed by atoms with Crippen LogP contribution in [0.3, 0.4) is 0 Å². The largest absolute Gasteiger partial charge is 0.334 e. The van der Waals surface area contributed by atoms with Gasteiger partial charge in [0.25, 0.3) is 5.91 Å². The van der Waals surface area contributed by atoms with E-state index >= 15 is 0 Å². The first kappa shape index (κ1) is 14.7. The maximum atomic E-state index is 13.1. The Morgan fingerprint density at radius 2 is 1.42 bits per heavy atom. The quantitative estimate of drug-likeness (QED) is 0.679. The van der Waals surface area contributed by atoms with Crippen LogP contribution in [0.25, 0.3) is 11.1 Å². The van der Waals surface area contributed by atoms with E-state index in [0.717, 1.165) is 29.7 Å². The standard InChI is InChI=1S/C22H19NO/c24-22(23-15-14-17-8-4-5-11-19(17)16-23)21-13-7-6-12-20(21)18-9-2-1-3-10-18/h1-13H,14-16H2. The van der Waals surface area contributed by atoms with Crippen LogP contribution in [0, 0.1) is 0 Å². The highest BCUT2D eigenvalue weighted by atomic mass is 16.2. The molecule has 0 spiro atoms. The molecule has 118 valence electrons. The minimum atomic E-state index is 0.115. The van der Waals surface area contributed by atoms with Crippen molar-refractivity contribution in [3.63, 3.8) is 0 Å². The Bertz CT molecular complexity index is 870. The van der Waals surface area contributed by atoms with E-state index in [4.69, 9.17) is 0 Å². The topological polar surface area (TPSA) is 20.3 Å². The molecule has 1 aliphatic heterocycles. The van der Waals surface area contributed by atoms with E-state index in [2.05, 4.69) is 30.3 Å². The summed E-state index contributed by atoms with van der Waals surface area (Å²) in [6.07, 6.45) is 0.926. The lowest BCUT2D eigenvalue weighted by atomic mass is 9.96. The monoisotopic (exact) mass is 313 g/mol. The first-order valence-corrected chi connectivity index (χ1v) is 8.33. The lowest BCUT2D eigenvalue weighted by Gasteiger charge is -2.29. The van der Waals surface area contributed by atoms with Crippen molar-refractivity contribution in [1.29, 1.82) is 0 Å². The molecule has 0 N–H and O–H groups in total. The number of fused-ring (bicyclic) bond motifs is 1. The summed E-state index contributed by atoms with van der Waals surface area (Å²) in [5.74, 6) is 0.115. The SMILES string of the molecule is O=C(c1ccccc1-c1ccccc1)N1CCc2ccccc2C1. The molecule has 2 nitrogen and oxygen atoms in total. The second kappa shape index (κ2) is 6.32. The highest BCUT2D eigenvalue weighted by Gasteiger charge is 2.23. The number of rotatable bonds is 2. The van der Waals surface area contributed by atoms with Crippen molar-refractivity contribution < 1.29 is 4.79 Å². The molecule has 1 amide bonds. The summed E-state index contributed by atoms with van der Waals surface area (Å²) >= 11 is 0. The van der Waals surface area contributed by atoms with Gasteiger partial charge in [0.05, 0.1) is 0 Å². The average molecular weight is 313 g/mol. The fourth-order valence-electron chi connectivity index (χ4n) is 3.38. The average Bonchev–Trinajstić information content (AvgIpc) is 2.68. The van der Waals surface area contributed by atoms with Crippen molar-refractivity contribution in [2.45, 2.75) is 13.0 Å². The van der Waals surface area contributed by atoms with Gasteiger partial charge in [0.2, 0.25) is 0 Å². The van der Waals surface area contributed by atoms with Gasteiger partial charge >= 0.3 is 0 Å². The Labute approximate surface area is 142 Å². The molecular weight excluding hydrogens is 294 g/mol. The third-order valence-electron chi connectivity index (χ3n) is 4.66. The molecule has 4 rings (SSSR count). The zero-order valence-electron chi connectivity index (χ0n) is 13.5. The van der Waals surface area contributed by atoms with Crippen molar-refractivity contribution in [2.24, 2.45) is 0 Å². The molecule has 0 bridgehead atoms. The maximum absolute atomic E-state index is 13.1. The first-order valence-electron chi connectivity index (χ1n) is 8.33. The lowest BCUT2D eigenvalue weighted by molar-refractivity contribution is 0.0735. The molecule has 0 aromatic heterocycles. The maximum Gasteiger partial charge on any atom is 0.254 e. The van der Waals surface area contributed by atoms with Crippen LogP contribution >= 0.6 is 0 Å². The van der Waals surface area contributed by atoms with Gasteiger partial charge in [-0.3, -0.25) is 4.79 Å². The minimum absolute atomic E-state index is 0.115. The molecule has 0 saturated heterocycles. The van der Waals surface area contributed by atoms with Gasteiger partial charge in [-0.15, -0.1) is 0 Å². The molecule has 1 aliphatic rings. The fourth-order valence-corrected chi connectivity index (χ4v) is 3.38.